The van der Waals surface area contributed by atoms with Crippen LogP contribution in [0, 0.1) is 6.92 Å². The second kappa shape index (κ2) is 7.84. The van der Waals surface area contributed by atoms with Gasteiger partial charge in [-0.25, -0.2) is 9.97 Å². The molecule has 1 amide bonds. The van der Waals surface area contributed by atoms with Gasteiger partial charge in [0.1, 0.15) is 22.3 Å². The van der Waals surface area contributed by atoms with Crippen LogP contribution in [0.4, 0.5) is 5.82 Å². The lowest BCUT2D eigenvalue weighted by Gasteiger charge is -2.10. The van der Waals surface area contributed by atoms with Crippen LogP contribution < -0.4 is 5.32 Å². The van der Waals surface area contributed by atoms with Crippen molar-refractivity contribution in [3.63, 3.8) is 0 Å². The van der Waals surface area contributed by atoms with Crippen LogP contribution in [0.3, 0.4) is 0 Å². The molecule has 1 N–H and O–H groups in total. The molecular weight excluding hydrogens is 454 g/mol. The maximum absolute atomic E-state index is 13.0. The molecular formula is C20H12Cl4N4O. The molecule has 3 heterocycles. The van der Waals surface area contributed by atoms with Crippen molar-refractivity contribution in [3.8, 4) is 11.3 Å². The number of hydrogen-bond acceptors (Lipinski definition) is 3. The highest BCUT2D eigenvalue weighted by atomic mass is 35.5. The molecule has 0 radical (unpaired) electrons. The maximum atomic E-state index is 13.0. The van der Waals surface area contributed by atoms with Crippen molar-refractivity contribution in [2.75, 3.05) is 5.32 Å². The van der Waals surface area contributed by atoms with Crippen LogP contribution in [0.1, 0.15) is 16.1 Å². The van der Waals surface area contributed by atoms with Gasteiger partial charge in [0.2, 0.25) is 0 Å². The van der Waals surface area contributed by atoms with Gasteiger partial charge in [-0.05, 0) is 18.6 Å². The Hall–Kier alpha value is -2.31. The van der Waals surface area contributed by atoms with E-state index < -0.39 is 5.91 Å². The Morgan fingerprint density at radius 2 is 1.66 bits per heavy atom. The number of benzene rings is 1. The van der Waals surface area contributed by atoms with Gasteiger partial charge in [0.25, 0.3) is 5.91 Å². The molecule has 0 aliphatic carbocycles. The SMILES string of the molecule is Cc1ccc2nc(-c3ccccc3)c(NC(=O)c3nc(Cl)c(Cl)c(Cl)c3Cl)n2c1. The minimum atomic E-state index is -0.587. The summed E-state index contributed by atoms with van der Waals surface area (Å²) in [4.78, 5) is 21.7. The third-order valence-electron chi connectivity index (χ3n) is 4.25. The number of aryl methyl sites for hydroxylation is 1. The summed E-state index contributed by atoms with van der Waals surface area (Å²) in [5, 5.41) is 2.62. The average molecular weight is 466 g/mol. The molecule has 0 atom stereocenters. The zero-order valence-electron chi connectivity index (χ0n) is 14.9. The van der Waals surface area contributed by atoms with Crippen molar-refractivity contribution in [2.24, 2.45) is 0 Å². The molecule has 5 nitrogen and oxygen atoms in total. The number of halogens is 4. The first-order chi connectivity index (χ1) is 13.9. The summed E-state index contributed by atoms with van der Waals surface area (Å²) in [6.45, 7) is 1.95. The predicted octanol–water partition coefficient (Wildman–Crippen LogP) is 6.57. The van der Waals surface area contributed by atoms with Gasteiger partial charge in [-0.15, -0.1) is 0 Å². The summed E-state index contributed by atoms with van der Waals surface area (Å²) in [5.74, 6) is -0.115. The maximum Gasteiger partial charge on any atom is 0.277 e. The Kier molecular flexibility index (Phi) is 5.40. The predicted molar refractivity (Wildman–Crippen MR) is 118 cm³/mol. The van der Waals surface area contributed by atoms with Gasteiger partial charge in [-0.3, -0.25) is 9.20 Å². The second-order valence-corrected chi connectivity index (χ2v) is 7.75. The van der Waals surface area contributed by atoms with Crippen molar-refractivity contribution in [1.82, 2.24) is 14.4 Å². The number of aromatic nitrogens is 3. The van der Waals surface area contributed by atoms with Crippen LogP contribution in [0.5, 0.6) is 0 Å². The molecule has 0 saturated heterocycles. The van der Waals surface area contributed by atoms with Crippen LogP contribution in [0.15, 0.2) is 48.7 Å². The fourth-order valence-electron chi connectivity index (χ4n) is 2.87. The third-order valence-corrected chi connectivity index (χ3v) is 5.92. The fourth-order valence-corrected chi connectivity index (χ4v) is 3.69. The van der Waals surface area contributed by atoms with Gasteiger partial charge < -0.3 is 5.32 Å². The van der Waals surface area contributed by atoms with Crippen molar-refractivity contribution in [1.29, 1.82) is 0 Å². The van der Waals surface area contributed by atoms with Gasteiger partial charge in [-0.1, -0.05) is 82.8 Å². The molecule has 0 aliphatic rings. The summed E-state index contributed by atoms with van der Waals surface area (Å²) in [6, 6.07) is 13.3. The Labute approximate surface area is 186 Å². The zero-order valence-corrected chi connectivity index (χ0v) is 17.9. The number of pyridine rings is 2. The van der Waals surface area contributed by atoms with Crippen LogP contribution in [-0.4, -0.2) is 20.3 Å². The van der Waals surface area contributed by atoms with Gasteiger partial charge >= 0.3 is 0 Å². The molecule has 0 spiro atoms. The number of anilines is 1. The van der Waals surface area contributed by atoms with E-state index in [4.69, 9.17) is 46.4 Å². The average Bonchev–Trinajstić information content (AvgIpc) is 3.07. The number of nitrogens with one attached hydrogen (secondary N) is 1. The van der Waals surface area contributed by atoms with E-state index in [2.05, 4.69) is 15.3 Å². The smallest absolute Gasteiger partial charge is 0.277 e. The van der Waals surface area contributed by atoms with E-state index in [1.165, 1.54) is 0 Å². The minimum absolute atomic E-state index is 0.00900. The van der Waals surface area contributed by atoms with Gasteiger partial charge in [0, 0.05) is 11.8 Å². The quantitative estimate of drug-likeness (QED) is 0.348. The minimum Gasteiger partial charge on any atom is -0.304 e. The Bertz CT molecular complexity index is 1250. The van der Waals surface area contributed by atoms with E-state index in [9.17, 15) is 4.79 Å². The number of amides is 1. The summed E-state index contributed by atoms with van der Waals surface area (Å²) in [5.41, 5.74) is 2.99. The number of carbonyl (C=O) groups excluding carboxylic acids is 1. The number of carbonyl (C=O) groups is 1. The number of imidazole rings is 1. The molecule has 1 aromatic carbocycles. The van der Waals surface area contributed by atoms with Crippen LogP contribution in [-0.2, 0) is 0 Å². The highest BCUT2D eigenvalue weighted by Crippen LogP contribution is 2.37. The number of nitrogens with zero attached hydrogens (tertiary/aromatic N) is 3. The molecule has 9 heteroatoms. The summed E-state index contributed by atoms with van der Waals surface area (Å²) < 4.78 is 1.79. The Balaban J connectivity index is 1.86. The highest BCUT2D eigenvalue weighted by molar-refractivity contribution is 6.52. The number of hydrogen-bond donors (Lipinski definition) is 1. The van der Waals surface area contributed by atoms with Gasteiger partial charge in [-0.2, -0.15) is 0 Å². The first kappa shape index (κ1) is 20.0. The monoisotopic (exact) mass is 464 g/mol. The zero-order chi connectivity index (χ0) is 20.7. The standard InChI is InChI=1S/C20H12Cl4N4O/c1-10-7-8-12-25-16(11-5-3-2-4-6-11)19(28(12)9-10)27-20(29)17-14(22)13(21)15(23)18(24)26-17/h2-9H,1H3,(H,27,29). The molecule has 29 heavy (non-hydrogen) atoms. The van der Waals surface area contributed by atoms with Crippen molar-refractivity contribution < 1.29 is 4.79 Å². The van der Waals surface area contributed by atoms with E-state index in [0.29, 0.717) is 17.2 Å². The summed E-state index contributed by atoms with van der Waals surface area (Å²) >= 11 is 24.2. The molecule has 0 saturated carbocycles. The van der Waals surface area contributed by atoms with Crippen LogP contribution in [0.2, 0.25) is 20.2 Å². The fraction of sp³-hybridized carbons (Fsp3) is 0.0500. The van der Waals surface area contributed by atoms with Crippen molar-refractivity contribution >= 4 is 63.8 Å². The molecule has 146 valence electrons. The lowest BCUT2D eigenvalue weighted by molar-refractivity contribution is 0.102. The lowest BCUT2D eigenvalue weighted by Crippen LogP contribution is -2.16. The second-order valence-electron chi connectivity index (χ2n) is 6.26. The van der Waals surface area contributed by atoms with Crippen LogP contribution >= 0.6 is 46.4 Å². The molecule has 0 unspecified atom stereocenters. The molecule has 4 aromatic rings. The van der Waals surface area contributed by atoms with Gasteiger partial charge in [0.05, 0.1) is 15.1 Å². The Morgan fingerprint density at radius 1 is 0.931 bits per heavy atom. The first-order valence-electron chi connectivity index (χ1n) is 8.42. The van der Waals surface area contributed by atoms with E-state index in [1.807, 2.05) is 55.6 Å². The van der Waals surface area contributed by atoms with E-state index in [-0.39, 0.29) is 25.9 Å². The lowest BCUT2D eigenvalue weighted by atomic mass is 10.1. The Morgan fingerprint density at radius 3 is 2.38 bits per heavy atom. The van der Waals surface area contributed by atoms with E-state index >= 15 is 0 Å². The van der Waals surface area contributed by atoms with Crippen LogP contribution in [0.25, 0.3) is 16.9 Å². The highest BCUT2D eigenvalue weighted by Gasteiger charge is 2.23. The van der Waals surface area contributed by atoms with E-state index in [0.717, 1.165) is 11.1 Å². The largest absolute Gasteiger partial charge is 0.304 e. The summed E-state index contributed by atoms with van der Waals surface area (Å²) in [7, 11) is 0. The molecule has 0 aliphatic heterocycles. The van der Waals surface area contributed by atoms with Crippen molar-refractivity contribution in [2.45, 2.75) is 6.92 Å². The van der Waals surface area contributed by atoms with E-state index in [1.54, 1.807) is 4.40 Å². The topological polar surface area (TPSA) is 59.3 Å². The third kappa shape index (κ3) is 3.67. The van der Waals surface area contributed by atoms with Gasteiger partial charge in [0.15, 0.2) is 5.69 Å². The van der Waals surface area contributed by atoms with Crippen molar-refractivity contribution in [3.05, 3.63) is 80.1 Å². The first-order valence-corrected chi connectivity index (χ1v) is 9.93. The molecule has 3 aromatic heterocycles. The molecule has 0 bridgehead atoms. The molecule has 0 fully saturated rings. The normalized spacial score (nSPS) is 11.1. The summed E-state index contributed by atoms with van der Waals surface area (Å²) in [6.07, 6.45) is 1.88. The number of fused-ring (bicyclic) bond motifs is 1. The molecule has 4 rings (SSSR count). The number of rotatable bonds is 3.